The molecule has 0 atom stereocenters. The van der Waals surface area contributed by atoms with E-state index in [9.17, 15) is 13.2 Å². The first-order valence-electron chi connectivity index (χ1n) is 9.74. The van der Waals surface area contributed by atoms with E-state index in [1.165, 1.54) is 0 Å². The highest BCUT2D eigenvalue weighted by Crippen LogP contribution is 2.28. The number of carbonyl (C=O) groups excluding carboxylic acids is 1. The lowest BCUT2D eigenvalue weighted by atomic mass is 10.2. The Morgan fingerprint density at radius 2 is 1.71 bits per heavy atom. The topological polar surface area (TPSA) is 68.2 Å². The fraction of sp³-hybridized carbons (Fsp3) is 0.125. The number of nitrogens with one attached hydrogen (secondary N) is 1. The molecule has 1 amide bonds. The first kappa shape index (κ1) is 21.3. The summed E-state index contributed by atoms with van der Waals surface area (Å²) in [4.78, 5) is 12.9. The molecular formula is C24H21BrN2O3S. The van der Waals surface area contributed by atoms with Crippen molar-refractivity contribution in [3.8, 4) is 0 Å². The Morgan fingerprint density at radius 3 is 2.45 bits per heavy atom. The van der Waals surface area contributed by atoms with Crippen molar-refractivity contribution in [1.82, 2.24) is 4.57 Å². The quantitative estimate of drug-likeness (QED) is 0.392. The van der Waals surface area contributed by atoms with Crippen LogP contribution in [0.2, 0.25) is 0 Å². The van der Waals surface area contributed by atoms with Gasteiger partial charge in [0.05, 0.1) is 10.6 Å². The maximum Gasteiger partial charge on any atom is 0.244 e. The van der Waals surface area contributed by atoms with Crippen molar-refractivity contribution >= 4 is 48.3 Å². The molecule has 0 radical (unpaired) electrons. The van der Waals surface area contributed by atoms with Crippen LogP contribution in [0.5, 0.6) is 0 Å². The van der Waals surface area contributed by atoms with Gasteiger partial charge >= 0.3 is 0 Å². The van der Waals surface area contributed by atoms with Gasteiger partial charge in [-0.2, -0.15) is 0 Å². The highest BCUT2D eigenvalue weighted by atomic mass is 79.9. The predicted molar refractivity (Wildman–Crippen MR) is 127 cm³/mol. The van der Waals surface area contributed by atoms with Gasteiger partial charge in [-0.15, -0.1) is 0 Å². The van der Waals surface area contributed by atoms with Crippen LogP contribution in [0, 0.1) is 6.92 Å². The van der Waals surface area contributed by atoms with Gasteiger partial charge in [0.15, 0.2) is 9.84 Å². The Morgan fingerprint density at radius 1 is 1.00 bits per heavy atom. The van der Waals surface area contributed by atoms with Gasteiger partial charge < -0.3 is 9.88 Å². The molecule has 4 aromatic rings. The van der Waals surface area contributed by atoms with Crippen LogP contribution < -0.4 is 5.32 Å². The summed E-state index contributed by atoms with van der Waals surface area (Å²) in [7, 11) is -3.58. The van der Waals surface area contributed by atoms with Crippen molar-refractivity contribution in [2.75, 3.05) is 5.32 Å². The number of carbonyl (C=O) groups is 1. The average Bonchev–Trinajstić information content (AvgIpc) is 3.11. The summed E-state index contributed by atoms with van der Waals surface area (Å²) in [5, 5.41) is 3.50. The number of fused-ring (bicyclic) bond motifs is 1. The highest BCUT2D eigenvalue weighted by molar-refractivity contribution is 9.10. The van der Waals surface area contributed by atoms with Crippen molar-refractivity contribution < 1.29 is 13.2 Å². The molecule has 31 heavy (non-hydrogen) atoms. The molecule has 1 heterocycles. The number of rotatable bonds is 6. The molecule has 1 aromatic heterocycles. The summed E-state index contributed by atoms with van der Waals surface area (Å²) in [6.07, 6.45) is 1.56. The minimum Gasteiger partial charge on any atom is -0.337 e. The molecule has 0 unspecified atom stereocenters. The SMILES string of the molecule is Cc1cc(NC(=O)Cn2cc(S(=O)(=O)Cc3ccccc3)c3ccccc32)ccc1Br. The third-order valence-corrected chi connectivity index (χ3v) is 7.64. The second-order valence-electron chi connectivity index (χ2n) is 7.40. The van der Waals surface area contributed by atoms with E-state index in [0.717, 1.165) is 15.6 Å². The molecule has 0 aliphatic heterocycles. The summed E-state index contributed by atoms with van der Waals surface area (Å²) < 4.78 is 29.0. The maximum atomic E-state index is 13.2. The van der Waals surface area contributed by atoms with Crippen molar-refractivity contribution in [3.63, 3.8) is 0 Å². The van der Waals surface area contributed by atoms with Gasteiger partial charge in [-0.05, 0) is 42.3 Å². The molecule has 0 aliphatic rings. The second-order valence-corrected chi connectivity index (χ2v) is 10.2. The molecule has 0 fully saturated rings. The Balaban J connectivity index is 1.63. The van der Waals surface area contributed by atoms with Crippen LogP contribution in [0.25, 0.3) is 10.9 Å². The molecule has 3 aromatic carbocycles. The maximum absolute atomic E-state index is 13.2. The van der Waals surface area contributed by atoms with E-state index in [4.69, 9.17) is 0 Å². The largest absolute Gasteiger partial charge is 0.337 e. The van der Waals surface area contributed by atoms with E-state index in [0.29, 0.717) is 16.6 Å². The van der Waals surface area contributed by atoms with E-state index >= 15 is 0 Å². The van der Waals surface area contributed by atoms with Gasteiger partial charge in [-0.3, -0.25) is 4.79 Å². The van der Waals surface area contributed by atoms with Crippen molar-refractivity contribution in [3.05, 3.63) is 94.6 Å². The average molecular weight is 497 g/mol. The standard InChI is InChI=1S/C24H21BrN2O3S/c1-17-13-19(11-12-21(17)25)26-24(28)15-27-14-23(20-9-5-6-10-22(20)27)31(29,30)16-18-7-3-2-4-8-18/h2-14H,15-16H2,1H3,(H,26,28). The van der Waals surface area contributed by atoms with Crippen molar-refractivity contribution in [2.45, 2.75) is 24.1 Å². The van der Waals surface area contributed by atoms with Crippen LogP contribution in [0.4, 0.5) is 5.69 Å². The minimum atomic E-state index is -3.58. The molecule has 1 N–H and O–H groups in total. The molecule has 4 rings (SSSR count). The third kappa shape index (κ3) is 4.73. The van der Waals surface area contributed by atoms with Crippen molar-refractivity contribution in [1.29, 1.82) is 0 Å². The lowest BCUT2D eigenvalue weighted by Gasteiger charge is -2.09. The monoisotopic (exact) mass is 496 g/mol. The van der Waals surface area contributed by atoms with E-state index < -0.39 is 9.84 Å². The second kappa shape index (κ2) is 8.69. The number of aromatic nitrogens is 1. The van der Waals surface area contributed by atoms with Crippen LogP contribution in [0.1, 0.15) is 11.1 Å². The third-order valence-electron chi connectivity index (χ3n) is 5.04. The predicted octanol–water partition coefficient (Wildman–Crippen LogP) is 5.32. The van der Waals surface area contributed by atoms with E-state index in [2.05, 4.69) is 21.2 Å². The number of sulfone groups is 1. The van der Waals surface area contributed by atoms with Gasteiger partial charge in [0, 0.05) is 27.3 Å². The van der Waals surface area contributed by atoms with Crippen LogP contribution in [-0.2, 0) is 26.9 Å². The Hall–Kier alpha value is -2.90. The molecular weight excluding hydrogens is 476 g/mol. The molecule has 5 nitrogen and oxygen atoms in total. The summed E-state index contributed by atoms with van der Waals surface area (Å²) in [6.45, 7) is 1.96. The first-order chi connectivity index (χ1) is 14.8. The van der Waals surface area contributed by atoms with Crippen LogP contribution in [-0.4, -0.2) is 18.9 Å². The first-order valence-corrected chi connectivity index (χ1v) is 12.2. The summed E-state index contributed by atoms with van der Waals surface area (Å²) >= 11 is 3.45. The van der Waals surface area contributed by atoms with E-state index in [1.54, 1.807) is 35.0 Å². The zero-order chi connectivity index (χ0) is 22.0. The summed E-state index contributed by atoms with van der Waals surface area (Å²) in [5.74, 6) is -0.318. The number of hydrogen-bond acceptors (Lipinski definition) is 3. The van der Waals surface area contributed by atoms with Gasteiger partial charge in [-0.25, -0.2) is 8.42 Å². The van der Waals surface area contributed by atoms with E-state index in [1.807, 2.05) is 55.5 Å². The van der Waals surface area contributed by atoms with Crippen LogP contribution in [0.3, 0.4) is 0 Å². The van der Waals surface area contributed by atoms with Crippen LogP contribution in [0.15, 0.2) is 88.4 Å². The zero-order valence-corrected chi connectivity index (χ0v) is 19.3. The highest BCUT2D eigenvalue weighted by Gasteiger charge is 2.22. The molecule has 0 saturated carbocycles. The number of benzene rings is 3. The number of anilines is 1. The molecule has 0 spiro atoms. The number of halogens is 1. The van der Waals surface area contributed by atoms with E-state index in [-0.39, 0.29) is 23.1 Å². The van der Waals surface area contributed by atoms with Crippen molar-refractivity contribution in [2.24, 2.45) is 0 Å². The fourth-order valence-electron chi connectivity index (χ4n) is 3.54. The van der Waals surface area contributed by atoms with Gasteiger partial charge in [0.1, 0.15) is 6.54 Å². The Kier molecular flexibility index (Phi) is 5.98. The molecule has 0 aliphatic carbocycles. The number of para-hydroxylation sites is 1. The lowest BCUT2D eigenvalue weighted by Crippen LogP contribution is -2.18. The molecule has 7 heteroatoms. The molecule has 0 saturated heterocycles. The smallest absolute Gasteiger partial charge is 0.244 e. The Bertz CT molecular complexity index is 1360. The Labute approximate surface area is 189 Å². The summed E-state index contributed by atoms with van der Waals surface area (Å²) in [5.41, 5.74) is 3.14. The molecule has 0 bridgehead atoms. The van der Waals surface area contributed by atoms with Gasteiger partial charge in [-0.1, -0.05) is 64.5 Å². The fourth-order valence-corrected chi connectivity index (χ4v) is 5.37. The zero-order valence-electron chi connectivity index (χ0n) is 16.9. The molecule has 158 valence electrons. The van der Waals surface area contributed by atoms with Gasteiger partial charge in [0.25, 0.3) is 0 Å². The normalized spacial score (nSPS) is 11.5. The number of amides is 1. The van der Waals surface area contributed by atoms with Crippen LogP contribution >= 0.6 is 15.9 Å². The number of aryl methyl sites for hydroxylation is 1. The number of nitrogens with zero attached hydrogens (tertiary/aromatic N) is 1. The summed E-state index contributed by atoms with van der Waals surface area (Å²) in [6, 6.07) is 21.9. The lowest BCUT2D eigenvalue weighted by molar-refractivity contribution is -0.116. The number of hydrogen-bond donors (Lipinski definition) is 1. The van der Waals surface area contributed by atoms with Gasteiger partial charge in [0.2, 0.25) is 5.91 Å². The minimum absolute atomic E-state index is 0.0104.